The van der Waals surface area contributed by atoms with Crippen LogP contribution in [0.25, 0.3) is 0 Å². The molecule has 0 atom stereocenters. The van der Waals surface area contributed by atoms with Crippen molar-refractivity contribution in [1.29, 1.82) is 0 Å². The van der Waals surface area contributed by atoms with Crippen molar-refractivity contribution in [2.45, 2.75) is 52.4 Å². The van der Waals surface area contributed by atoms with Crippen molar-refractivity contribution in [3.05, 3.63) is 52.1 Å². The van der Waals surface area contributed by atoms with Crippen molar-refractivity contribution in [2.75, 3.05) is 0 Å². The van der Waals surface area contributed by atoms with E-state index in [1.165, 1.54) is 0 Å². The predicted molar refractivity (Wildman–Crippen MR) is 101 cm³/mol. The van der Waals surface area contributed by atoms with Crippen LogP contribution >= 0.6 is 0 Å². The van der Waals surface area contributed by atoms with E-state index in [4.69, 9.17) is 5.11 Å². The summed E-state index contributed by atoms with van der Waals surface area (Å²) in [4.78, 5) is 3.52. The summed E-state index contributed by atoms with van der Waals surface area (Å²) in [7, 11) is 0. The van der Waals surface area contributed by atoms with Crippen LogP contribution in [0.3, 0.4) is 0 Å². The molecule has 28 heavy (non-hydrogen) atoms. The molecule has 0 unspecified atom stereocenters. The van der Waals surface area contributed by atoms with Crippen molar-refractivity contribution in [1.82, 2.24) is 0 Å². The molecule has 3 nitrogen and oxygen atoms in total. The minimum absolute atomic E-state index is 0.144. The third-order valence-corrected chi connectivity index (χ3v) is 4.36. The van der Waals surface area contributed by atoms with E-state index < -0.39 is 40.1 Å². The van der Waals surface area contributed by atoms with E-state index in [9.17, 15) is 22.7 Å². The minimum Gasteiger partial charge on any atom is -0.507 e. The molecule has 0 spiro atoms. The largest absolute Gasteiger partial charge is 0.507 e. The Bertz CT molecular complexity index is 926. The number of hydrogen-bond acceptors (Lipinski definition) is 3. The van der Waals surface area contributed by atoms with Crippen LogP contribution in [0.5, 0.6) is 11.5 Å². The summed E-state index contributed by atoms with van der Waals surface area (Å²) in [5, 5.41) is 19.7. The van der Waals surface area contributed by atoms with Crippen LogP contribution in [0.4, 0.5) is 23.2 Å². The highest BCUT2D eigenvalue weighted by molar-refractivity contribution is 5.87. The Morgan fingerprint density at radius 1 is 0.750 bits per heavy atom. The molecular weight excluding hydrogens is 374 g/mol. The Balaban J connectivity index is 2.71. The van der Waals surface area contributed by atoms with Crippen LogP contribution in [-0.4, -0.2) is 16.4 Å². The summed E-state index contributed by atoms with van der Waals surface area (Å²) in [5.74, 6) is -9.42. The van der Waals surface area contributed by atoms with Crippen LogP contribution < -0.4 is 0 Å². The second-order valence-corrected chi connectivity index (χ2v) is 8.67. The van der Waals surface area contributed by atoms with Crippen LogP contribution in [-0.2, 0) is 10.8 Å². The zero-order valence-electron chi connectivity index (χ0n) is 16.6. The van der Waals surface area contributed by atoms with Gasteiger partial charge in [0.15, 0.2) is 17.4 Å². The number of aromatic hydroxyl groups is 2. The zero-order chi connectivity index (χ0) is 21.6. The van der Waals surface area contributed by atoms with E-state index in [-0.39, 0.29) is 16.7 Å². The smallest absolute Gasteiger partial charge is 0.205 e. The Morgan fingerprint density at radius 2 is 1.25 bits per heavy atom. The molecule has 0 radical (unpaired) electrons. The highest BCUT2D eigenvalue weighted by Crippen LogP contribution is 2.38. The summed E-state index contributed by atoms with van der Waals surface area (Å²) in [6.45, 7) is 11.5. The molecule has 0 bridgehead atoms. The number of halogens is 4. The Labute approximate surface area is 161 Å². The molecule has 0 aromatic heterocycles. The quantitative estimate of drug-likeness (QED) is 0.371. The normalized spacial score (nSPS) is 12.8. The summed E-state index contributed by atoms with van der Waals surface area (Å²) >= 11 is 0. The first-order chi connectivity index (χ1) is 12.7. The van der Waals surface area contributed by atoms with Gasteiger partial charge in [-0.25, -0.2) is 13.8 Å². The Kier molecular flexibility index (Phi) is 5.52. The van der Waals surface area contributed by atoms with E-state index in [1.54, 1.807) is 6.07 Å². The average Bonchev–Trinajstić information content (AvgIpc) is 2.57. The number of aliphatic imine (C=N–C) groups is 1. The molecule has 2 rings (SSSR count). The molecule has 0 heterocycles. The van der Waals surface area contributed by atoms with Crippen molar-refractivity contribution >= 4 is 11.9 Å². The van der Waals surface area contributed by atoms with Crippen LogP contribution in [0, 0.1) is 23.3 Å². The van der Waals surface area contributed by atoms with Gasteiger partial charge in [0.05, 0.1) is 0 Å². The first kappa shape index (κ1) is 21.7. The van der Waals surface area contributed by atoms with E-state index in [0.717, 1.165) is 11.8 Å². The Hall–Kier alpha value is -2.57. The standard InChI is InChI=1S/C21H23F4NO2/c1-20(2,3)11-7-10(18(27)12(8-11)21(4,5)6)9-26-17-13(22)15(24)19(28)16(25)14(17)23/h7-9,27-28H,1-6H3. The summed E-state index contributed by atoms with van der Waals surface area (Å²) in [6.07, 6.45) is 0.942. The van der Waals surface area contributed by atoms with Crippen molar-refractivity contribution in [3.8, 4) is 11.5 Å². The lowest BCUT2D eigenvalue weighted by molar-refractivity contribution is 0.358. The van der Waals surface area contributed by atoms with Gasteiger partial charge < -0.3 is 10.2 Å². The van der Waals surface area contributed by atoms with Gasteiger partial charge in [0.1, 0.15) is 11.4 Å². The van der Waals surface area contributed by atoms with Gasteiger partial charge in [0.2, 0.25) is 11.6 Å². The molecular formula is C21H23F4NO2. The molecule has 0 aliphatic rings. The predicted octanol–water partition coefficient (Wildman–Crippen LogP) is 6.00. The fourth-order valence-electron chi connectivity index (χ4n) is 2.62. The van der Waals surface area contributed by atoms with E-state index in [2.05, 4.69) is 4.99 Å². The summed E-state index contributed by atoms with van der Waals surface area (Å²) in [5.41, 5.74) is -0.410. The van der Waals surface area contributed by atoms with Crippen molar-refractivity contribution in [3.63, 3.8) is 0 Å². The maximum absolute atomic E-state index is 13.9. The van der Waals surface area contributed by atoms with Crippen LogP contribution in [0.2, 0.25) is 0 Å². The number of rotatable bonds is 2. The van der Waals surface area contributed by atoms with Crippen LogP contribution in [0.15, 0.2) is 17.1 Å². The number of nitrogens with zero attached hydrogens (tertiary/aromatic N) is 1. The lowest BCUT2D eigenvalue weighted by Crippen LogP contribution is -2.17. The number of phenols is 2. The summed E-state index contributed by atoms with van der Waals surface area (Å²) in [6, 6.07) is 3.44. The van der Waals surface area contributed by atoms with E-state index >= 15 is 0 Å². The van der Waals surface area contributed by atoms with Gasteiger partial charge in [0.25, 0.3) is 0 Å². The molecule has 2 N–H and O–H groups in total. The van der Waals surface area contributed by atoms with Crippen molar-refractivity contribution < 1.29 is 27.8 Å². The average molecular weight is 397 g/mol. The molecule has 0 amide bonds. The zero-order valence-corrected chi connectivity index (χ0v) is 16.6. The fourth-order valence-corrected chi connectivity index (χ4v) is 2.62. The van der Waals surface area contributed by atoms with Gasteiger partial charge in [-0.05, 0) is 22.5 Å². The SMILES string of the molecule is CC(C)(C)c1cc(C=Nc2c(F)c(F)c(O)c(F)c2F)c(O)c(C(C)(C)C)c1. The lowest BCUT2D eigenvalue weighted by Gasteiger charge is -2.27. The van der Waals surface area contributed by atoms with Gasteiger partial charge in [-0.3, -0.25) is 0 Å². The molecule has 0 aliphatic carbocycles. The maximum atomic E-state index is 13.9. The van der Waals surface area contributed by atoms with Gasteiger partial charge in [-0.2, -0.15) is 8.78 Å². The molecule has 0 saturated carbocycles. The van der Waals surface area contributed by atoms with Gasteiger partial charge >= 0.3 is 0 Å². The van der Waals surface area contributed by atoms with Gasteiger partial charge in [-0.1, -0.05) is 47.6 Å². The van der Waals surface area contributed by atoms with Crippen molar-refractivity contribution in [2.24, 2.45) is 4.99 Å². The highest BCUT2D eigenvalue weighted by atomic mass is 19.2. The molecule has 0 fully saturated rings. The van der Waals surface area contributed by atoms with E-state index in [0.29, 0.717) is 5.56 Å². The number of hydrogen-bond donors (Lipinski definition) is 2. The topological polar surface area (TPSA) is 52.8 Å². The van der Waals surface area contributed by atoms with Gasteiger partial charge in [-0.15, -0.1) is 0 Å². The monoisotopic (exact) mass is 397 g/mol. The van der Waals surface area contributed by atoms with Gasteiger partial charge in [0, 0.05) is 17.3 Å². The first-order valence-corrected chi connectivity index (χ1v) is 8.63. The molecule has 2 aromatic carbocycles. The first-order valence-electron chi connectivity index (χ1n) is 8.63. The molecule has 152 valence electrons. The molecule has 0 saturated heterocycles. The third kappa shape index (κ3) is 3.98. The second kappa shape index (κ2) is 7.11. The lowest BCUT2D eigenvalue weighted by atomic mass is 9.79. The summed E-state index contributed by atoms with van der Waals surface area (Å²) < 4.78 is 54.9. The minimum atomic E-state index is -1.94. The van der Waals surface area contributed by atoms with Crippen LogP contribution in [0.1, 0.15) is 58.2 Å². The maximum Gasteiger partial charge on any atom is 0.205 e. The molecule has 7 heteroatoms. The number of phenolic OH excluding ortho intramolecular Hbond substituents is 2. The fraction of sp³-hybridized carbons (Fsp3) is 0.381. The third-order valence-electron chi connectivity index (χ3n) is 4.36. The molecule has 0 aliphatic heterocycles. The number of benzene rings is 2. The molecule has 2 aromatic rings. The second-order valence-electron chi connectivity index (χ2n) is 8.67. The van der Waals surface area contributed by atoms with E-state index in [1.807, 2.05) is 47.6 Å². The Morgan fingerprint density at radius 3 is 1.68 bits per heavy atom. The highest BCUT2D eigenvalue weighted by Gasteiger charge is 2.26.